The molecular weight excluding hydrogens is 242 g/mol. The molecule has 1 unspecified atom stereocenters. The SMILES string of the molecule is COc1cccc2c(C(C(=O)O)C(C)C)ccnc12. The summed E-state index contributed by atoms with van der Waals surface area (Å²) in [5.74, 6) is -0.690. The van der Waals surface area contributed by atoms with Crippen molar-refractivity contribution in [2.45, 2.75) is 19.8 Å². The fourth-order valence-electron chi connectivity index (χ4n) is 2.38. The number of nitrogens with zero attached hydrogens (tertiary/aromatic N) is 1. The summed E-state index contributed by atoms with van der Waals surface area (Å²) < 4.78 is 5.27. The van der Waals surface area contributed by atoms with Crippen molar-refractivity contribution in [3.05, 3.63) is 36.0 Å². The highest BCUT2D eigenvalue weighted by molar-refractivity contribution is 5.91. The normalized spacial score (nSPS) is 12.6. The summed E-state index contributed by atoms with van der Waals surface area (Å²) in [5.41, 5.74) is 1.49. The number of para-hydroxylation sites is 1. The monoisotopic (exact) mass is 259 g/mol. The fourth-order valence-corrected chi connectivity index (χ4v) is 2.38. The van der Waals surface area contributed by atoms with Crippen molar-refractivity contribution in [3.8, 4) is 5.75 Å². The highest BCUT2D eigenvalue weighted by atomic mass is 16.5. The number of rotatable bonds is 4. The van der Waals surface area contributed by atoms with Gasteiger partial charge >= 0.3 is 5.97 Å². The van der Waals surface area contributed by atoms with Crippen molar-refractivity contribution in [1.82, 2.24) is 4.98 Å². The Hall–Kier alpha value is -2.10. The van der Waals surface area contributed by atoms with E-state index in [1.807, 2.05) is 32.0 Å². The lowest BCUT2D eigenvalue weighted by molar-refractivity contribution is -0.139. The van der Waals surface area contributed by atoms with Crippen LogP contribution < -0.4 is 4.74 Å². The topological polar surface area (TPSA) is 59.4 Å². The first kappa shape index (κ1) is 13.3. The van der Waals surface area contributed by atoms with Crippen LogP contribution in [0.5, 0.6) is 5.75 Å². The molecule has 0 aliphatic heterocycles. The van der Waals surface area contributed by atoms with Crippen LogP contribution in [0.15, 0.2) is 30.5 Å². The summed E-state index contributed by atoms with van der Waals surface area (Å²) in [4.78, 5) is 15.8. The van der Waals surface area contributed by atoms with Crippen molar-refractivity contribution < 1.29 is 14.6 Å². The number of fused-ring (bicyclic) bond motifs is 1. The van der Waals surface area contributed by atoms with Gasteiger partial charge in [0, 0.05) is 11.6 Å². The average molecular weight is 259 g/mol. The molecule has 1 N–H and O–H groups in total. The second-order valence-corrected chi connectivity index (χ2v) is 4.82. The molecule has 0 saturated heterocycles. The molecule has 19 heavy (non-hydrogen) atoms. The van der Waals surface area contributed by atoms with E-state index in [1.165, 1.54) is 0 Å². The Morgan fingerprint density at radius 2 is 2.05 bits per heavy atom. The summed E-state index contributed by atoms with van der Waals surface area (Å²) >= 11 is 0. The Balaban J connectivity index is 2.70. The van der Waals surface area contributed by atoms with Gasteiger partial charge in [-0.25, -0.2) is 0 Å². The molecular formula is C15H17NO3. The van der Waals surface area contributed by atoms with Crippen LogP contribution in [0.1, 0.15) is 25.3 Å². The van der Waals surface area contributed by atoms with Gasteiger partial charge in [-0.1, -0.05) is 26.0 Å². The predicted molar refractivity (Wildman–Crippen MR) is 73.5 cm³/mol. The van der Waals surface area contributed by atoms with E-state index in [0.717, 1.165) is 10.9 Å². The van der Waals surface area contributed by atoms with Gasteiger partial charge in [0.15, 0.2) is 0 Å². The van der Waals surface area contributed by atoms with Crippen LogP contribution in [0.2, 0.25) is 0 Å². The van der Waals surface area contributed by atoms with Crippen molar-refractivity contribution in [2.75, 3.05) is 7.11 Å². The Kier molecular flexibility index (Phi) is 3.69. The molecule has 0 aliphatic carbocycles. The lowest BCUT2D eigenvalue weighted by Crippen LogP contribution is -2.18. The van der Waals surface area contributed by atoms with Crippen molar-refractivity contribution >= 4 is 16.9 Å². The molecule has 2 aromatic rings. The molecule has 1 aromatic heterocycles. The van der Waals surface area contributed by atoms with Crippen molar-refractivity contribution in [1.29, 1.82) is 0 Å². The first-order valence-corrected chi connectivity index (χ1v) is 6.20. The maximum absolute atomic E-state index is 11.5. The van der Waals surface area contributed by atoms with Gasteiger partial charge in [-0.05, 0) is 23.6 Å². The molecule has 2 rings (SSSR count). The standard InChI is InChI=1S/C15H17NO3/c1-9(2)13(15(17)18)10-7-8-16-14-11(10)5-4-6-12(14)19-3/h4-9,13H,1-3H3,(H,17,18). The second kappa shape index (κ2) is 5.26. The van der Waals surface area contributed by atoms with E-state index in [0.29, 0.717) is 11.3 Å². The Morgan fingerprint density at radius 3 is 2.63 bits per heavy atom. The average Bonchev–Trinajstić information content (AvgIpc) is 2.37. The van der Waals surface area contributed by atoms with Crippen LogP contribution in [0.3, 0.4) is 0 Å². The number of benzene rings is 1. The molecule has 0 aliphatic rings. The molecule has 0 saturated carbocycles. The number of hydrogen-bond acceptors (Lipinski definition) is 3. The summed E-state index contributed by atoms with van der Waals surface area (Å²) in [6.07, 6.45) is 1.64. The molecule has 1 aromatic carbocycles. The minimum absolute atomic E-state index is 0.00861. The van der Waals surface area contributed by atoms with Crippen LogP contribution in [0.4, 0.5) is 0 Å². The fraction of sp³-hybridized carbons (Fsp3) is 0.333. The van der Waals surface area contributed by atoms with E-state index in [4.69, 9.17) is 4.74 Å². The van der Waals surface area contributed by atoms with E-state index in [9.17, 15) is 9.90 Å². The maximum atomic E-state index is 11.5. The second-order valence-electron chi connectivity index (χ2n) is 4.82. The summed E-state index contributed by atoms with van der Waals surface area (Å²) in [6.45, 7) is 3.82. The number of hydrogen-bond donors (Lipinski definition) is 1. The maximum Gasteiger partial charge on any atom is 0.311 e. The molecule has 0 fully saturated rings. The quantitative estimate of drug-likeness (QED) is 0.916. The van der Waals surface area contributed by atoms with E-state index < -0.39 is 11.9 Å². The van der Waals surface area contributed by atoms with E-state index >= 15 is 0 Å². The molecule has 0 spiro atoms. The van der Waals surface area contributed by atoms with E-state index in [-0.39, 0.29) is 5.92 Å². The number of methoxy groups -OCH3 is 1. The van der Waals surface area contributed by atoms with Gasteiger partial charge in [0.2, 0.25) is 0 Å². The molecule has 4 heteroatoms. The number of carbonyl (C=O) groups is 1. The Bertz CT molecular complexity index is 607. The molecule has 4 nitrogen and oxygen atoms in total. The van der Waals surface area contributed by atoms with Gasteiger partial charge < -0.3 is 9.84 Å². The molecule has 1 heterocycles. The predicted octanol–water partition coefficient (Wildman–Crippen LogP) is 3.07. The lowest BCUT2D eigenvalue weighted by atomic mass is 9.86. The molecule has 1 atom stereocenters. The Morgan fingerprint density at radius 1 is 1.32 bits per heavy atom. The van der Waals surface area contributed by atoms with Crippen LogP contribution in [0, 0.1) is 5.92 Å². The smallest absolute Gasteiger partial charge is 0.311 e. The number of carboxylic acids is 1. The molecule has 0 bridgehead atoms. The first-order valence-electron chi connectivity index (χ1n) is 6.20. The third-order valence-electron chi connectivity index (χ3n) is 3.26. The largest absolute Gasteiger partial charge is 0.494 e. The number of carboxylic acid groups (broad SMARTS) is 1. The lowest BCUT2D eigenvalue weighted by Gasteiger charge is -2.18. The van der Waals surface area contributed by atoms with Gasteiger partial charge in [0.25, 0.3) is 0 Å². The third kappa shape index (κ3) is 2.38. The summed E-state index contributed by atoms with van der Waals surface area (Å²) in [7, 11) is 1.58. The molecule has 0 radical (unpaired) electrons. The zero-order valence-electron chi connectivity index (χ0n) is 11.3. The number of aliphatic carboxylic acids is 1. The highest BCUT2D eigenvalue weighted by Gasteiger charge is 2.25. The van der Waals surface area contributed by atoms with E-state index in [2.05, 4.69) is 4.98 Å². The van der Waals surface area contributed by atoms with Crippen LogP contribution >= 0.6 is 0 Å². The van der Waals surface area contributed by atoms with Crippen molar-refractivity contribution in [3.63, 3.8) is 0 Å². The van der Waals surface area contributed by atoms with Gasteiger partial charge in [-0.3, -0.25) is 9.78 Å². The zero-order chi connectivity index (χ0) is 14.0. The molecule has 0 amide bonds. The number of pyridine rings is 1. The van der Waals surface area contributed by atoms with Crippen LogP contribution in [-0.2, 0) is 4.79 Å². The summed E-state index contributed by atoms with van der Waals surface area (Å²) in [6, 6.07) is 7.34. The number of aromatic nitrogens is 1. The first-order chi connectivity index (χ1) is 9.06. The number of ether oxygens (including phenoxy) is 1. The van der Waals surface area contributed by atoms with E-state index in [1.54, 1.807) is 19.4 Å². The van der Waals surface area contributed by atoms with Crippen molar-refractivity contribution in [2.24, 2.45) is 5.92 Å². The highest BCUT2D eigenvalue weighted by Crippen LogP contribution is 2.33. The van der Waals surface area contributed by atoms with Gasteiger partial charge in [0.1, 0.15) is 11.3 Å². The minimum Gasteiger partial charge on any atom is -0.494 e. The third-order valence-corrected chi connectivity index (χ3v) is 3.26. The molecule has 100 valence electrons. The Labute approximate surface area is 112 Å². The minimum atomic E-state index is -0.815. The van der Waals surface area contributed by atoms with Crippen LogP contribution in [-0.4, -0.2) is 23.2 Å². The van der Waals surface area contributed by atoms with Crippen LogP contribution in [0.25, 0.3) is 10.9 Å². The van der Waals surface area contributed by atoms with Gasteiger partial charge in [-0.2, -0.15) is 0 Å². The summed E-state index contributed by atoms with van der Waals surface area (Å²) in [5, 5.41) is 10.3. The van der Waals surface area contributed by atoms with Gasteiger partial charge in [0.05, 0.1) is 13.0 Å². The van der Waals surface area contributed by atoms with Gasteiger partial charge in [-0.15, -0.1) is 0 Å². The zero-order valence-corrected chi connectivity index (χ0v) is 11.3.